The van der Waals surface area contributed by atoms with E-state index in [0.717, 1.165) is 56.7 Å². The van der Waals surface area contributed by atoms with Gasteiger partial charge in [0.1, 0.15) is 6.23 Å². The number of ether oxygens (including phenoxy) is 1. The molecule has 6 heteroatoms. The molecule has 1 aromatic heterocycles. The van der Waals surface area contributed by atoms with Crippen LogP contribution in [-0.2, 0) is 4.74 Å². The van der Waals surface area contributed by atoms with Crippen molar-refractivity contribution in [2.45, 2.75) is 37.8 Å². The van der Waals surface area contributed by atoms with Crippen LogP contribution >= 0.6 is 0 Å². The van der Waals surface area contributed by atoms with E-state index >= 15 is 0 Å². The zero-order valence-electron chi connectivity index (χ0n) is 14.2. The standard InChI is InChI=1S/C18H25N5O/c1-24-17-5-4-14(13-23-17)18-16(3-2-8-22-18)21-12-11-20-15-6-9-19-10-7-15/h2-3,8-9,13-14,17,21H,4-7,10-12H2,1H3. The Morgan fingerprint density at radius 1 is 1.38 bits per heavy atom. The highest BCUT2D eigenvalue weighted by Gasteiger charge is 2.21. The fourth-order valence-electron chi connectivity index (χ4n) is 3.02. The van der Waals surface area contributed by atoms with Crippen LogP contribution in [-0.4, -0.2) is 56.1 Å². The zero-order valence-corrected chi connectivity index (χ0v) is 14.2. The van der Waals surface area contributed by atoms with Crippen molar-refractivity contribution < 1.29 is 4.74 Å². The van der Waals surface area contributed by atoms with Crippen LogP contribution in [0.15, 0.2) is 33.3 Å². The molecule has 0 spiro atoms. The molecule has 2 unspecified atom stereocenters. The molecule has 2 aliphatic rings. The lowest BCUT2D eigenvalue weighted by molar-refractivity contribution is 0.0967. The van der Waals surface area contributed by atoms with E-state index in [2.05, 4.69) is 31.3 Å². The van der Waals surface area contributed by atoms with Crippen molar-refractivity contribution in [3.63, 3.8) is 0 Å². The molecule has 0 bridgehead atoms. The van der Waals surface area contributed by atoms with Gasteiger partial charge in [-0.25, -0.2) is 0 Å². The first-order valence-corrected chi connectivity index (χ1v) is 8.62. The minimum absolute atomic E-state index is 0.00349. The topological polar surface area (TPSA) is 71.2 Å². The Balaban J connectivity index is 1.57. The van der Waals surface area contributed by atoms with Crippen molar-refractivity contribution in [3.8, 4) is 0 Å². The molecule has 2 aliphatic heterocycles. The average Bonchev–Trinajstić information content (AvgIpc) is 2.66. The second-order valence-corrected chi connectivity index (χ2v) is 6.03. The van der Waals surface area contributed by atoms with Gasteiger partial charge in [-0.1, -0.05) is 0 Å². The second-order valence-electron chi connectivity index (χ2n) is 6.03. The summed E-state index contributed by atoms with van der Waals surface area (Å²) in [5.74, 6) is 0.251. The Morgan fingerprint density at radius 3 is 3.08 bits per heavy atom. The molecule has 1 aromatic rings. The molecule has 0 aromatic carbocycles. The number of methoxy groups -OCH3 is 1. The van der Waals surface area contributed by atoms with Crippen molar-refractivity contribution in [2.24, 2.45) is 15.0 Å². The Hall–Kier alpha value is -2.08. The molecular weight excluding hydrogens is 302 g/mol. The predicted octanol–water partition coefficient (Wildman–Crippen LogP) is 2.72. The van der Waals surface area contributed by atoms with Crippen LogP contribution in [0.5, 0.6) is 0 Å². The number of rotatable bonds is 6. The smallest absolute Gasteiger partial charge is 0.147 e. The number of hydrogen-bond acceptors (Lipinski definition) is 6. The Morgan fingerprint density at radius 2 is 2.33 bits per heavy atom. The maximum absolute atomic E-state index is 5.28. The zero-order chi connectivity index (χ0) is 16.6. The third-order valence-corrected chi connectivity index (χ3v) is 4.37. The largest absolute Gasteiger partial charge is 0.382 e. The van der Waals surface area contributed by atoms with Crippen LogP contribution in [0.25, 0.3) is 0 Å². The minimum Gasteiger partial charge on any atom is -0.382 e. The maximum atomic E-state index is 5.28. The first kappa shape index (κ1) is 16.8. The van der Waals surface area contributed by atoms with Gasteiger partial charge >= 0.3 is 0 Å². The molecule has 6 nitrogen and oxygen atoms in total. The van der Waals surface area contributed by atoms with E-state index < -0.39 is 0 Å². The maximum Gasteiger partial charge on any atom is 0.147 e. The highest BCUT2D eigenvalue weighted by molar-refractivity contribution is 5.97. The number of anilines is 1. The third kappa shape index (κ3) is 4.47. The van der Waals surface area contributed by atoms with Gasteiger partial charge in [0.25, 0.3) is 0 Å². The summed E-state index contributed by atoms with van der Waals surface area (Å²) in [4.78, 5) is 17.9. The van der Waals surface area contributed by atoms with Crippen LogP contribution in [0.1, 0.15) is 37.3 Å². The van der Waals surface area contributed by atoms with Crippen LogP contribution in [0.2, 0.25) is 0 Å². The number of aromatic nitrogens is 1. The predicted molar refractivity (Wildman–Crippen MR) is 98.9 cm³/mol. The minimum atomic E-state index is -0.00349. The van der Waals surface area contributed by atoms with Crippen molar-refractivity contribution >= 4 is 23.8 Å². The quantitative estimate of drug-likeness (QED) is 0.817. The summed E-state index contributed by atoms with van der Waals surface area (Å²) in [6.45, 7) is 2.47. The van der Waals surface area contributed by atoms with Crippen molar-refractivity contribution in [3.05, 3.63) is 24.0 Å². The van der Waals surface area contributed by atoms with Gasteiger partial charge in [-0.15, -0.1) is 0 Å². The van der Waals surface area contributed by atoms with E-state index in [9.17, 15) is 0 Å². The Kier molecular flexibility index (Phi) is 6.07. The lowest BCUT2D eigenvalue weighted by Crippen LogP contribution is -2.19. The molecule has 0 saturated carbocycles. The van der Waals surface area contributed by atoms with Crippen LogP contribution in [0, 0.1) is 0 Å². The van der Waals surface area contributed by atoms with E-state index in [0.29, 0.717) is 0 Å². The monoisotopic (exact) mass is 327 g/mol. The van der Waals surface area contributed by atoms with Crippen molar-refractivity contribution in [2.75, 3.05) is 32.1 Å². The molecule has 3 heterocycles. The first-order chi connectivity index (χ1) is 11.9. The Bertz CT molecular complexity index is 626. The molecule has 2 atom stereocenters. The fraction of sp³-hybridized carbons (Fsp3) is 0.556. The van der Waals surface area contributed by atoms with E-state index in [1.165, 1.54) is 5.71 Å². The third-order valence-electron chi connectivity index (χ3n) is 4.37. The molecule has 3 rings (SSSR count). The normalized spacial score (nSPS) is 25.1. The molecule has 0 fully saturated rings. The number of nitrogens with zero attached hydrogens (tertiary/aromatic N) is 4. The molecule has 1 N–H and O–H groups in total. The summed E-state index contributed by atoms with van der Waals surface area (Å²) < 4.78 is 5.28. The number of hydrogen-bond donors (Lipinski definition) is 1. The van der Waals surface area contributed by atoms with Gasteiger partial charge in [0, 0.05) is 63.3 Å². The van der Waals surface area contributed by atoms with E-state index in [4.69, 9.17) is 4.74 Å². The lowest BCUT2D eigenvalue weighted by Gasteiger charge is -2.22. The van der Waals surface area contributed by atoms with Gasteiger partial charge < -0.3 is 10.1 Å². The number of nitrogens with one attached hydrogen (secondary N) is 1. The van der Waals surface area contributed by atoms with Gasteiger partial charge in [0.2, 0.25) is 0 Å². The fourth-order valence-corrected chi connectivity index (χ4v) is 3.02. The van der Waals surface area contributed by atoms with E-state index in [1.807, 2.05) is 24.7 Å². The van der Waals surface area contributed by atoms with E-state index in [-0.39, 0.29) is 12.1 Å². The molecule has 0 saturated heterocycles. The molecule has 128 valence electrons. The summed E-state index contributed by atoms with van der Waals surface area (Å²) in [6, 6.07) is 4.05. The Labute approximate surface area is 143 Å². The summed E-state index contributed by atoms with van der Waals surface area (Å²) in [7, 11) is 1.70. The first-order valence-electron chi connectivity index (χ1n) is 8.62. The van der Waals surface area contributed by atoms with Gasteiger partial charge in [-0.3, -0.25) is 20.0 Å². The van der Waals surface area contributed by atoms with Crippen LogP contribution in [0.3, 0.4) is 0 Å². The summed E-state index contributed by atoms with van der Waals surface area (Å²) in [5.41, 5.74) is 3.40. The lowest BCUT2D eigenvalue weighted by atomic mass is 9.96. The van der Waals surface area contributed by atoms with Gasteiger partial charge in [0.05, 0.1) is 17.9 Å². The van der Waals surface area contributed by atoms with Crippen LogP contribution < -0.4 is 5.32 Å². The van der Waals surface area contributed by atoms with Crippen LogP contribution in [0.4, 0.5) is 5.69 Å². The molecule has 0 amide bonds. The second kappa shape index (κ2) is 8.68. The SMILES string of the molecule is COC1CCC(c2ncccc2NCCN=C2CC=NCC2)C=N1. The van der Waals surface area contributed by atoms with Gasteiger partial charge in [-0.2, -0.15) is 0 Å². The summed E-state index contributed by atoms with van der Waals surface area (Å²) in [6.07, 6.45) is 9.62. The molecule has 0 aliphatic carbocycles. The average molecular weight is 327 g/mol. The number of pyridine rings is 1. The number of aliphatic imine (C=N–C) groups is 3. The molecular formula is C18H25N5O. The van der Waals surface area contributed by atoms with Crippen molar-refractivity contribution in [1.82, 2.24) is 4.98 Å². The van der Waals surface area contributed by atoms with Gasteiger partial charge in [0.15, 0.2) is 0 Å². The summed E-state index contributed by atoms with van der Waals surface area (Å²) in [5, 5.41) is 3.48. The van der Waals surface area contributed by atoms with Crippen molar-refractivity contribution in [1.29, 1.82) is 0 Å². The molecule has 24 heavy (non-hydrogen) atoms. The van der Waals surface area contributed by atoms with E-state index in [1.54, 1.807) is 7.11 Å². The highest BCUT2D eigenvalue weighted by atomic mass is 16.5. The summed E-state index contributed by atoms with van der Waals surface area (Å²) >= 11 is 0. The highest BCUT2D eigenvalue weighted by Crippen LogP contribution is 2.28. The van der Waals surface area contributed by atoms with Gasteiger partial charge in [-0.05, 0) is 25.0 Å². The molecule has 0 radical (unpaired) electrons.